The first-order valence-electron chi connectivity index (χ1n) is 33.6. The zero-order chi connectivity index (χ0) is 73.8. The molecular formula is C63H106N18O17. The molecule has 0 aromatic carbocycles. The van der Waals surface area contributed by atoms with Gasteiger partial charge in [-0.2, -0.15) is 0 Å². The number of aromatic amines is 1. The Hall–Kier alpha value is -9.31. The average molecular weight is 1390 g/mol. The molecule has 0 saturated carbocycles. The summed E-state index contributed by atoms with van der Waals surface area (Å²) in [4.78, 5) is 222. The monoisotopic (exact) mass is 1390 g/mol. The summed E-state index contributed by atoms with van der Waals surface area (Å²) in [6.07, 6.45) is 2.98. The van der Waals surface area contributed by atoms with Crippen LogP contribution in [0.1, 0.15) is 177 Å². The van der Waals surface area contributed by atoms with Gasteiger partial charge in [0.1, 0.15) is 66.5 Å². The Balaban J connectivity index is 2.41. The molecule has 1 aliphatic heterocycles. The maximum absolute atomic E-state index is 14.3. The van der Waals surface area contributed by atoms with E-state index in [0.29, 0.717) is 37.8 Å². The number of aliphatic carboxylic acids is 1. The Morgan fingerprint density at radius 3 is 1.82 bits per heavy atom. The second-order valence-corrected chi connectivity index (χ2v) is 25.2. The number of carboxylic acids is 1. The van der Waals surface area contributed by atoms with E-state index in [1.807, 2.05) is 6.92 Å². The predicted octanol–water partition coefficient (Wildman–Crippen LogP) is -3.80. The minimum absolute atomic E-state index is 0.00284. The number of carbonyl (C=O) groups excluding carboxylic acids is 15. The van der Waals surface area contributed by atoms with E-state index in [-0.39, 0.29) is 89.1 Å². The molecule has 1 fully saturated rings. The largest absolute Gasteiger partial charge is 0.481 e. The molecule has 550 valence electrons. The van der Waals surface area contributed by atoms with Gasteiger partial charge in [-0.05, 0) is 95.4 Å². The zero-order valence-electron chi connectivity index (χ0n) is 57.7. The van der Waals surface area contributed by atoms with Crippen LogP contribution >= 0.6 is 0 Å². The number of unbranched alkanes of at least 4 members (excludes halogenated alkanes) is 2. The van der Waals surface area contributed by atoms with Crippen LogP contribution in [0.4, 0.5) is 0 Å². The Bertz CT molecular complexity index is 2880. The maximum atomic E-state index is 14.3. The van der Waals surface area contributed by atoms with Crippen LogP contribution in [0.3, 0.4) is 0 Å². The topological polar surface area (TPSA) is 556 Å². The normalized spacial score (nSPS) is 19.2. The van der Waals surface area contributed by atoms with Crippen LogP contribution in [0, 0.1) is 17.8 Å². The van der Waals surface area contributed by atoms with Gasteiger partial charge in [-0.25, -0.2) is 4.98 Å². The van der Waals surface area contributed by atoms with Gasteiger partial charge in [-0.1, -0.05) is 74.1 Å². The van der Waals surface area contributed by atoms with Crippen molar-refractivity contribution >= 4 is 94.6 Å². The number of hydrogen-bond acceptors (Lipinski definition) is 18. The molecule has 35 heteroatoms. The molecule has 0 bridgehead atoms. The molecule has 0 radical (unpaired) electrons. The first kappa shape index (κ1) is 84.8. The van der Waals surface area contributed by atoms with Crippen molar-refractivity contribution in [2.75, 3.05) is 19.6 Å². The van der Waals surface area contributed by atoms with Gasteiger partial charge in [0, 0.05) is 44.6 Å². The van der Waals surface area contributed by atoms with E-state index < -0.39 is 193 Å². The predicted molar refractivity (Wildman–Crippen MR) is 355 cm³/mol. The first-order valence-corrected chi connectivity index (χ1v) is 33.6. The summed E-state index contributed by atoms with van der Waals surface area (Å²) in [6.45, 7) is 14.2. The second kappa shape index (κ2) is 44.5. The lowest BCUT2D eigenvalue weighted by molar-refractivity contribution is -0.139. The van der Waals surface area contributed by atoms with Gasteiger partial charge in [0.15, 0.2) is 0 Å². The van der Waals surface area contributed by atoms with Crippen LogP contribution in [0.15, 0.2) is 12.5 Å². The average Bonchev–Trinajstić information content (AvgIpc) is 0.918. The lowest BCUT2D eigenvalue weighted by Crippen LogP contribution is -2.61. The number of amides is 15. The number of nitrogens with two attached hydrogens (primary N) is 3. The molecular weight excluding hydrogens is 1280 g/mol. The molecule has 0 aliphatic carbocycles. The van der Waals surface area contributed by atoms with Crippen molar-refractivity contribution in [3.05, 3.63) is 18.2 Å². The molecule has 21 N–H and O–H groups in total. The Labute approximate surface area is 570 Å². The highest BCUT2D eigenvalue weighted by Gasteiger charge is 2.38. The van der Waals surface area contributed by atoms with Gasteiger partial charge in [0.05, 0.1) is 19.3 Å². The number of aromatic nitrogens is 2. The van der Waals surface area contributed by atoms with Crippen molar-refractivity contribution in [1.82, 2.24) is 79.1 Å². The van der Waals surface area contributed by atoms with Crippen LogP contribution in [-0.4, -0.2) is 196 Å². The van der Waals surface area contributed by atoms with Crippen LogP contribution in [0.2, 0.25) is 0 Å². The fourth-order valence-corrected chi connectivity index (χ4v) is 10.3. The van der Waals surface area contributed by atoms with E-state index in [0.717, 1.165) is 0 Å². The molecule has 2 rings (SSSR count). The van der Waals surface area contributed by atoms with E-state index in [9.17, 15) is 81.8 Å². The fraction of sp³-hybridized carbons (Fsp3) is 0.698. The SMILES string of the molecule is CCCC[C@H](NC(=O)[C@H](CC(C)C)NC(=O)[C@H](CCCCN)NC(=O)CNC(=O)[C@H](CC(N)=O)NC(=O)[C@@H]1CCCCNC(=O)CC[C@H](NC(C)=O)C(=O)N[C@@H](C)C(=O)N[C@@H](Cc2cnc[nH]2)C(=O)N1)C(=O)N[C@@H](CCC(=O)O)C(=O)N[C@H](C(=O)N[C@H](C(N)=O)[C@@H](C)CC)[C@@H](C)CC. The first-order chi connectivity index (χ1) is 46.2. The lowest BCUT2D eigenvalue weighted by atomic mass is 9.94. The van der Waals surface area contributed by atoms with Crippen molar-refractivity contribution < 1.29 is 81.8 Å². The number of carbonyl (C=O) groups is 16. The van der Waals surface area contributed by atoms with E-state index >= 15 is 0 Å². The molecule has 0 unspecified atom stereocenters. The van der Waals surface area contributed by atoms with Gasteiger partial charge in [0.25, 0.3) is 0 Å². The minimum atomic E-state index is -1.77. The third-order valence-electron chi connectivity index (χ3n) is 16.4. The number of H-pyrrole nitrogens is 1. The third-order valence-corrected chi connectivity index (χ3v) is 16.4. The Kier molecular flexibility index (Phi) is 38.5. The summed E-state index contributed by atoms with van der Waals surface area (Å²) >= 11 is 0. The van der Waals surface area contributed by atoms with Gasteiger partial charge >= 0.3 is 5.97 Å². The molecule has 1 saturated heterocycles. The van der Waals surface area contributed by atoms with Crippen LogP contribution in [0.25, 0.3) is 0 Å². The van der Waals surface area contributed by atoms with Crippen molar-refractivity contribution in [2.24, 2.45) is 35.0 Å². The number of nitrogens with one attached hydrogen (secondary N) is 14. The van der Waals surface area contributed by atoms with Crippen molar-refractivity contribution in [3.8, 4) is 0 Å². The number of rotatable bonds is 38. The number of carboxylic acid groups (broad SMARTS) is 1. The highest BCUT2D eigenvalue weighted by molar-refractivity contribution is 6.00. The van der Waals surface area contributed by atoms with E-state index in [4.69, 9.17) is 17.2 Å². The lowest BCUT2D eigenvalue weighted by Gasteiger charge is -2.30. The van der Waals surface area contributed by atoms with Crippen molar-refractivity contribution in [3.63, 3.8) is 0 Å². The Morgan fingerprint density at radius 1 is 0.653 bits per heavy atom. The van der Waals surface area contributed by atoms with Gasteiger partial charge < -0.3 is 96.4 Å². The molecule has 0 spiro atoms. The zero-order valence-corrected chi connectivity index (χ0v) is 57.7. The van der Waals surface area contributed by atoms with E-state index in [1.54, 1.807) is 41.5 Å². The van der Waals surface area contributed by atoms with Gasteiger partial charge in [-0.15, -0.1) is 0 Å². The number of hydrogen-bond donors (Lipinski definition) is 18. The molecule has 1 aliphatic rings. The smallest absolute Gasteiger partial charge is 0.303 e. The number of nitrogens with zero attached hydrogens (tertiary/aromatic N) is 1. The van der Waals surface area contributed by atoms with E-state index in [2.05, 4.69) is 79.1 Å². The summed E-state index contributed by atoms with van der Waals surface area (Å²) in [5, 5.41) is 42.8. The molecule has 35 nitrogen and oxygen atoms in total. The van der Waals surface area contributed by atoms with E-state index in [1.165, 1.54) is 26.4 Å². The molecule has 1 aromatic heterocycles. The van der Waals surface area contributed by atoms with Crippen LogP contribution in [-0.2, 0) is 83.1 Å². The van der Waals surface area contributed by atoms with Crippen LogP contribution < -0.4 is 86.3 Å². The van der Waals surface area contributed by atoms with Crippen molar-refractivity contribution in [1.29, 1.82) is 0 Å². The fourth-order valence-electron chi connectivity index (χ4n) is 10.3. The third kappa shape index (κ3) is 31.7. The summed E-state index contributed by atoms with van der Waals surface area (Å²) < 4.78 is 0. The quantitative estimate of drug-likeness (QED) is 0.0282. The molecule has 15 amide bonds. The highest BCUT2D eigenvalue weighted by Crippen LogP contribution is 2.16. The van der Waals surface area contributed by atoms with Crippen molar-refractivity contribution in [2.45, 2.75) is 244 Å². The molecule has 2 heterocycles. The minimum Gasteiger partial charge on any atom is -0.481 e. The number of primary amides is 2. The Morgan fingerprint density at radius 2 is 1.24 bits per heavy atom. The molecule has 98 heavy (non-hydrogen) atoms. The summed E-state index contributed by atoms with van der Waals surface area (Å²) in [5.41, 5.74) is 17.3. The molecule has 13 atom stereocenters. The second-order valence-electron chi connectivity index (χ2n) is 25.2. The highest BCUT2D eigenvalue weighted by atomic mass is 16.4. The standard InChI is InChI=1S/C63H106N18O17/c1-10-13-18-40(58(93)76-43(22-24-50(86)87)60(95)81-52(35(7)12-3)63(98)80-51(53(66)88)34(6)11-2)74-61(96)44(27-33(4)5)78-57(92)39(19-14-16-25-64)73-49(85)31-69-55(90)46(29-47(65)83)79-59(94)41-20-15-17-26-68-48(84)23-21-42(72-37(9)82)56(91)71-36(8)54(89)77-45(62(97)75-41)28-38-30-67-32-70-38/h30,32-36,39-46,51-52H,10-29,31,64H2,1-9H3,(H2,65,83)(H2,66,88)(H,67,70)(H,68,84)(H,69,90)(H,71,91)(H,72,82)(H,73,85)(H,74,96)(H,75,97)(H,76,93)(H,77,89)(H,78,92)(H,79,94)(H,80,98)(H,81,95)(H,86,87)/t34-,35-,36-,39-,40-,41-,42-,43-,44-,45-,46-,51-,52-/m0/s1. The van der Waals surface area contributed by atoms with Gasteiger partial charge in [0.2, 0.25) is 88.6 Å². The van der Waals surface area contributed by atoms with Crippen LogP contribution in [0.5, 0.6) is 0 Å². The maximum Gasteiger partial charge on any atom is 0.303 e. The summed E-state index contributed by atoms with van der Waals surface area (Å²) in [5.74, 6) is -15.2. The molecule has 1 aromatic rings. The summed E-state index contributed by atoms with van der Waals surface area (Å²) in [6, 6.07) is -15.1. The number of imidazole rings is 1. The van der Waals surface area contributed by atoms with Gasteiger partial charge in [-0.3, -0.25) is 76.7 Å². The summed E-state index contributed by atoms with van der Waals surface area (Å²) in [7, 11) is 0.